The number of rotatable bonds is 5. The molecule has 0 aromatic carbocycles. The van der Waals surface area contributed by atoms with E-state index in [0.717, 1.165) is 19.4 Å². The molecule has 72 valence electrons. The van der Waals surface area contributed by atoms with Crippen molar-refractivity contribution in [3.05, 3.63) is 0 Å². The topological polar surface area (TPSA) is 29.5 Å². The molecule has 0 radical (unpaired) electrons. The van der Waals surface area contributed by atoms with Crippen LogP contribution in [0.3, 0.4) is 0 Å². The zero-order valence-corrected chi connectivity index (χ0v) is 7.80. The molecule has 1 aliphatic rings. The highest BCUT2D eigenvalue weighted by Crippen LogP contribution is 2.17. The molecule has 0 aromatic heterocycles. The van der Waals surface area contributed by atoms with Gasteiger partial charge in [0.15, 0.2) is 0 Å². The molecule has 2 heteroatoms. The maximum absolute atomic E-state index is 8.57. The van der Waals surface area contributed by atoms with E-state index < -0.39 is 0 Å². The Bertz CT molecular complexity index is 98.0. The van der Waals surface area contributed by atoms with Gasteiger partial charge in [-0.25, -0.2) is 0 Å². The van der Waals surface area contributed by atoms with E-state index in [4.69, 9.17) is 9.84 Å². The SMILES string of the molecule is OCCCCCC1CCCCO1. The summed E-state index contributed by atoms with van der Waals surface area (Å²) < 4.78 is 5.60. The Kier molecular flexibility index (Phi) is 5.37. The molecule has 0 aliphatic carbocycles. The Morgan fingerprint density at radius 2 is 2.08 bits per heavy atom. The van der Waals surface area contributed by atoms with E-state index >= 15 is 0 Å². The van der Waals surface area contributed by atoms with Crippen LogP contribution in [0.1, 0.15) is 44.9 Å². The number of hydrogen-bond acceptors (Lipinski definition) is 2. The first kappa shape index (κ1) is 10.0. The normalized spacial score (nSPS) is 24.2. The third-order valence-corrected chi connectivity index (χ3v) is 2.46. The monoisotopic (exact) mass is 172 g/mol. The molecule has 0 bridgehead atoms. The van der Waals surface area contributed by atoms with E-state index in [1.54, 1.807) is 0 Å². The minimum Gasteiger partial charge on any atom is -0.396 e. The lowest BCUT2D eigenvalue weighted by molar-refractivity contribution is 0.00963. The van der Waals surface area contributed by atoms with Crippen molar-refractivity contribution in [2.45, 2.75) is 51.0 Å². The van der Waals surface area contributed by atoms with Crippen LogP contribution in [0.4, 0.5) is 0 Å². The van der Waals surface area contributed by atoms with Crippen LogP contribution in [0, 0.1) is 0 Å². The van der Waals surface area contributed by atoms with Crippen molar-refractivity contribution in [3.63, 3.8) is 0 Å². The van der Waals surface area contributed by atoms with Gasteiger partial charge in [-0.2, -0.15) is 0 Å². The van der Waals surface area contributed by atoms with Gasteiger partial charge in [-0.05, 0) is 32.1 Å². The summed E-state index contributed by atoms with van der Waals surface area (Å²) in [5.41, 5.74) is 0. The van der Waals surface area contributed by atoms with Crippen LogP contribution in [0.5, 0.6) is 0 Å². The summed E-state index contributed by atoms with van der Waals surface area (Å²) in [5.74, 6) is 0. The lowest BCUT2D eigenvalue weighted by atomic mass is 10.0. The smallest absolute Gasteiger partial charge is 0.0575 e. The van der Waals surface area contributed by atoms with Crippen LogP contribution in [0.2, 0.25) is 0 Å². The van der Waals surface area contributed by atoms with Crippen LogP contribution in [0.25, 0.3) is 0 Å². The quantitative estimate of drug-likeness (QED) is 0.643. The van der Waals surface area contributed by atoms with Gasteiger partial charge in [-0.15, -0.1) is 0 Å². The molecule has 0 aromatic rings. The van der Waals surface area contributed by atoms with Gasteiger partial charge in [-0.1, -0.05) is 12.8 Å². The molecule has 2 nitrogen and oxygen atoms in total. The van der Waals surface area contributed by atoms with Crippen LogP contribution in [-0.2, 0) is 4.74 Å². The number of unbranched alkanes of at least 4 members (excludes halogenated alkanes) is 2. The van der Waals surface area contributed by atoms with Gasteiger partial charge < -0.3 is 9.84 Å². The number of aliphatic hydroxyl groups excluding tert-OH is 1. The molecule has 1 unspecified atom stereocenters. The Hall–Kier alpha value is -0.0800. The lowest BCUT2D eigenvalue weighted by Crippen LogP contribution is -2.18. The van der Waals surface area contributed by atoms with Crippen molar-refractivity contribution < 1.29 is 9.84 Å². The van der Waals surface area contributed by atoms with Crippen molar-refractivity contribution in [2.75, 3.05) is 13.2 Å². The molecule has 1 aliphatic heterocycles. The summed E-state index contributed by atoms with van der Waals surface area (Å²) in [5, 5.41) is 8.57. The lowest BCUT2D eigenvalue weighted by Gasteiger charge is -2.22. The molecule has 0 amide bonds. The highest BCUT2D eigenvalue weighted by Gasteiger charge is 2.12. The number of hydrogen-bond donors (Lipinski definition) is 1. The average Bonchev–Trinajstić information content (AvgIpc) is 2.14. The minimum atomic E-state index is 0.339. The second kappa shape index (κ2) is 6.44. The molecular weight excluding hydrogens is 152 g/mol. The van der Waals surface area contributed by atoms with Crippen molar-refractivity contribution in [1.29, 1.82) is 0 Å². The molecule has 1 fully saturated rings. The van der Waals surface area contributed by atoms with Gasteiger partial charge in [-0.3, -0.25) is 0 Å². The molecule has 1 N–H and O–H groups in total. The Morgan fingerprint density at radius 3 is 2.75 bits per heavy atom. The molecular formula is C10H20O2. The van der Waals surface area contributed by atoms with Gasteiger partial charge in [0.2, 0.25) is 0 Å². The fourth-order valence-electron chi connectivity index (χ4n) is 1.70. The molecule has 1 atom stereocenters. The van der Waals surface area contributed by atoms with E-state index in [2.05, 4.69) is 0 Å². The summed E-state index contributed by atoms with van der Waals surface area (Å²) in [6.07, 6.45) is 8.86. The summed E-state index contributed by atoms with van der Waals surface area (Å²) in [6, 6.07) is 0. The maximum Gasteiger partial charge on any atom is 0.0575 e. The number of ether oxygens (including phenoxy) is 1. The first-order valence-electron chi connectivity index (χ1n) is 5.16. The standard InChI is InChI=1S/C10H20O2/c11-8-4-1-2-6-10-7-3-5-9-12-10/h10-11H,1-9H2. The second-order valence-corrected chi connectivity index (χ2v) is 3.56. The largest absolute Gasteiger partial charge is 0.396 e. The van der Waals surface area contributed by atoms with E-state index in [1.807, 2.05) is 0 Å². The summed E-state index contributed by atoms with van der Waals surface area (Å²) in [7, 11) is 0. The van der Waals surface area contributed by atoms with Crippen molar-refractivity contribution in [3.8, 4) is 0 Å². The predicted octanol–water partition coefficient (Wildman–Crippen LogP) is 2.11. The van der Waals surface area contributed by atoms with E-state index in [1.165, 1.54) is 32.1 Å². The third-order valence-electron chi connectivity index (χ3n) is 2.46. The minimum absolute atomic E-state index is 0.339. The Balaban J connectivity index is 1.91. The van der Waals surface area contributed by atoms with Gasteiger partial charge in [0, 0.05) is 13.2 Å². The first-order valence-corrected chi connectivity index (χ1v) is 5.16. The van der Waals surface area contributed by atoms with E-state index in [0.29, 0.717) is 12.7 Å². The molecule has 1 rings (SSSR count). The van der Waals surface area contributed by atoms with Crippen LogP contribution in [-0.4, -0.2) is 24.4 Å². The molecule has 1 saturated heterocycles. The fourth-order valence-corrected chi connectivity index (χ4v) is 1.70. The van der Waals surface area contributed by atoms with Crippen molar-refractivity contribution in [2.24, 2.45) is 0 Å². The second-order valence-electron chi connectivity index (χ2n) is 3.56. The molecule has 1 heterocycles. The van der Waals surface area contributed by atoms with Gasteiger partial charge >= 0.3 is 0 Å². The third kappa shape index (κ3) is 4.07. The predicted molar refractivity (Wildman–Crippen MR) is 49.1 cm³/mol. The molecule has 0 spiro atoms. The van der Waals surface area contributed by atoms with E-state index in [-0.39, 0.29) is 0 Å². The first-order chi connectivity index (χ1) is 5.93. The van der Waals surface area contributed by atoms with Crippen molar-refractivity contribution in [1.82, 2.24) is 0 Å². The van der Waals surface area contributed by atoms with Crippen LogP contribution in [0.15, 0.2) is 0 Å². The number of aliphatic hydroxyl groups is 1. The van der Waals surface area contributed by atoms with Crippen LogP contribution >= 0.6 is 0 Å². The van der Waals surface area contributed by atoms with Crippen molar-refractivity contribution >= 4 is 0 Å². The molecule has 0 saturated carbocycles. The van der Waals surface area contributed by atoms with Gasteiger partial charge in [0.1, 0.15) is 0 Å². The van der Waals surface area contributed by atoms with Crippen LogP contribution < -0.4 is 0 Å². The zero-order chi connectivity index (χ0) is 8.65. The summed E-state index contributed by atoms with van der Waals surface area (Å²) >= 11 is 0. The highest BCUT2D eigenvalue weighted by molar-refractivity contribution is 4.63. The highest BCUT2D eigenvalue weighted by atomic mass is 16.5. The zero-order valence-electron chi connectivity index (χ0n) is 7.80. The summed E-state index contributed by atoms with van der Waals surface area (Å²) in [6.45, 7) is 1.30. The maximum atomic E-state index is 8.57. The Labute approximate surface area is 74.9 Å². The Morgan fingerprint density at radius 1 is 1.17 bits per heavy atom. The van der Waals surface area contributed by atoms with Gasteiger partial charge in [0.05, 0.1) is 6.10 Å². The van der Waals surface area contributed by atoms with Gasteiger partial charge in [0.25, 0.3) is 0 Å². The molecule has 12 heavy (non-hydrogen) atoms. The summed E-state index contributed by atoms with van der Waals surface area (Å²) in [4.78, 5) is 0. The van der Waals surface area contributed by atoms with E-state index in [9.17, 15) is 0 Å². The average molecular weight is 172 g/mol. The fraction of sp³-hybridized carbons (Fsp3) is 1.00.